The lowest BCUT2D eigenvalue weighted by atomic mass is 10.1. The Morgan fingerprint density at radius 3 is 2.61 bits per heavy atom. The Bertz CT molecular complexity index is 246. The van der Waals surface area contributed by atoms with Crippen LogP contribution in [0, 0.1) is 0 Å². The summed E-state index contributed by atoms with van der Waals surface area (Å²) in [4.78, 5) is 22.1. The molecule has 18 heavy (non-hydrogen) atoms. The number of nitrogens with one attached hydrogen (secondary N) is 2. The van der Waals surface area contributed by atoms with Gasteiger partial charge in [0.05, 0.1) is 6.42 Å². The summed E-state index contributed by atoms with van der Waals surface area (Å²) >= 11 is 0. The van der Waals surface area contributed by atoms with Crippen LogP contribution < -0.4 is 10.6 Å². The van der Waals surface area contributed by atoms with E-state index in [9.17, 15) is 9.59 Å². The molecule has 2 amide bonds. The number of urea groups is 1. The highest BCUT2D eigenvalue weighted by Gasteiger charge is 2.14. The lowest BCUT2D eigenvalue weighted by Gasteiger charge is -2.16. The van der Waals surface area contributed by atoms with Gasteiger partial charge in [0.1, 0.15) is 0 Å². The fourth-order valence-electron chi connectivity index (χ4n) is 1.59. The minimum atomic E-state index is -0.895. The average molecular weight is 260 g/mol. The van der Waals surface area contributed by atoms with E-state index in [2.05, 4.69) is 10.6 Å². The van der Waals surface area contributed by atoms with Crippen molar-refractivity contribution in [2.45, 2.75) is 45.1 Å². The van der Waals surface area contributed by atoms with Gasteiger partial charge in [-0.05, 0) is 19.3 Å². The highest BCUT2D eigenvalue weighted by molar-refractivity contribution is 5.75. The zero-order valence-electron chi connectivity index (χ0n) is 11.2. The third-order valence-corrected chi connectivity index (χ3v) is 2.45. The summed E-state index contributed by atoms with van der Waals surface area (Å²) in [7, 11) is 1.64. The van der Waals surface area contributed by atoms with Gasteiger partial charge in [0.15, 0.2) is 0 Å². The summed E-state index contributed by atoms with van der Waals surface area (Å²) in [5, 5.41) is 14.1. The van der Waals surface area contributed by atoms with Crippen molar-refractivity contribution >= 4 is 12.0 Å². The molecule has 0 aliphatic heterocycles. The van der Waals surface area contributed by atoms with E-state index in [0.717, 1.165) is 19.3 Å². The Morgan fingerprint density at radius 2 is 2.06 bits per heavy atom. The van der Waals surface area contributed by atoms with E-state index in [1.54, 1.807) is 7.11 Å². The molecule has 0 aliphatic rings. The minimum Gasteiger partial charge on any atom is -0.481 e. The van der Waals surface area contributed by atoms with Crippen molar-refractivity contribution in [2.24, 2.45) is 0 Å². The van der Waals surface area contributed by atoms with Crippen LogP contribution in [0.5, 0.6) is 0 Å². The van der Waals surface area contributed by atoms with Crippen molar-refractivity contribution in [1.82, 2.24) is 10.6 Å². The van der Waals surface area contributed by atoms with Gasteiger partial charge in [-0.25, -0.2) is 4.79 Å². The lowest BCUT2D eigenvalue weighted by molar-refractivity contribution is -0.137. The number of carbonyl (C=O) groups is 2. The highest BCUT2D eigenvalue weighted by Crippen LogP contribution is 2.01. The molecule has 6 nitrogen and oxygen atoms in total. The molecule has 106 valence electrons. The van der Waals surface area contributed by atoms with Crippen LogP contribution >= 0.6 is 0 Å². The van der Waals surface area contributed by atoms with Gasteiger partial charge in [0.2, 0.25) is 0 Å². The van der Waals surface area contributed by atoms with Crippen molar-refractivity contribution in [1.29, 1.82) is 0 Å². The zero-order valence-corrected chi connectivity index (χ0v) is 11.2. The van der Waals surface area contributed by atoms with Crippen molar-refractivity contribution in [3.63, 3.8) is 0 Å². The van der Waals surface area contributed by atoms with E-state index < -0.39 is 5.97 Å². The van der Waals surface area contributed by atoms with Crippen LogP contribution in [0.1, 0.15) is 39.0 Å². The number of carboxylic acids is 1. The second-order valence-electron chi connectivity index (χ2n) is 4.18. The molecule has 0 radical (unpaired) electrons. The molecule has 1 unspecified atom stereocenters. The number of carbonyl (C=O) groups excluding carboxylic acids is 1. The largest absolute Gasteiger partial charge is 0.481 e. The maximum absolute atomic E-state index is 11.5. The number of hydrogen-bond donors (Lipinski definition) is 3. The highest BCUT2D eigenvalue weighted by atomic mass is 16.5. The number of unbranched alkanes of at least 4 members (excludes halogenated alkanes) is 1. The monoisotopic (exact) mass is 260 g/mol. The standard InChI is InChI=1S/C12H24N2O4/c1-3-6-10(9-11(15)16)14-12(17)13-7-4-5-8-18-2/h10H,3-9H2,1-2H3,(H,15,16)(H2,13,14,17). The molecule has 0 fully saturated rings. The predicted molar refractivity (Wildman–Crippen MR) is 68.6 cm³/mol. The molecule has 3 N–H and O–H groups in total. The molecule has 6 heteroatoms. The Labute approximate surface area is 108 Å². The molecule has 1 atom stereocenters. The second-order valence-corrected chi connectivity index (χ2v) is 4.18. The van der Waals surface area contributed by atoms with Crippen molar-refractivity contribution in [3.8, 4) is 0 Å². The van der Waals surface area contributed by atoms with Gasteiger partial charge in [-0.2, -0.15) is 0 Å². The number of amides is 2. The molecule has 0 bridgehead atoms. The van der Waals surface area contributed by atoms with Gasteiger partial charge >= 0.3 is 12.0 Å². The molecular weight excluding hydrogens is 236 g/mol. The van der Waals surface area contributed by atoms with Crippen LogP contribution in [0.4, 0.5) is 4.79 Å². The van der Waals surface area contributed by atoms with Gasteiger partial charge in [-0.3, -0.25) is 4.79 Å². The van der Waals surface area contributed by atoms with Crippen LogP contribution in [-0.2, 0) is 9.53 Å². The maximum Gasteiger partial charge on any atom is 0.315 e. The van der Waals surface area contributed by atoms with Gasteiger partial charge in [0, 0.05) is 26.3 Å². The normalized spacial score (nSPS) is 11.9. The van der Waals surface area contributed by atoms with Crippen molar-refractivity contribution in [3.05, 3.63) is 0 Å². The quantitative estimate of drug-likeness (QED) is 0.517. The number of aliphatic carboxylic acids is 1. The van der Waals surface area contributed by atoms with E-state index in [0.29, 0.717) is 19.6 Å². The first-order chi connectivity index (χ1) is 8.60. The van der Waals surface area contributed by atoms with Crippen molar-refractivity contribution in [2.75, 3.05) is 20.3 Å². The minimum absolute atomic E-state index is 0.0368. The van der Waals surface area contributed by atoms with Crippen LogP contribution in [0.2, 0.25) is 0 Å². The van der Waals surface area contributed by atoms with Crippen molar-refractivity contribution < 1.29 is 19.4 Å². The number of hydrogen-bond acceptors (Lipinski definition) is 3. The number of rotatable bonds is 10. The summed E-state index contributed by atoms with van der Waals surface area (Å²) in [5.41, 5.74) is 0. The van der Waals surface area contributed by atoms with Gasteiger partial charge < -0.3 is 20.5 Å². The summed E-state index contributed by atoms with van der Waals surface area (Å²) in [5.74, 6) is -0.895. The molecule has 0 spiro atoms. The van der Waals surface area contributed by atoms with Crippen LogP contribution in [-0.4, -0.2) is 43.4 Å². The first-order valence-corrected chi connectivity index (χ1v) is 6.35. The van der Waals surface area contributed by atoms with Crippen LogP contribution in [0.25, 0.3) is 0 Å². The van der Waals surface area contributed by atoms with E-state index in [1.807, 2.05) is 6.92 Å². The van der Waals surface area contributed by atoms with E-state index >= 15 is 0 Å². The third kappa shape index (κ3) is 9.89. The Morgan fingerprint density at radius 1 is 1.33 bits per heavy atom. The molecule has 0 rings (SSSR count). The van der Waals surface area contributed by atoms with Gasteiger partial charge in [-0.1, -0.05) is 13.3 Å². The lowest BCUT2D eigenvalue weighted by Crippen LogP contribution is -2.43. The summed E-state index contributed by atoms with van der Waals surface area (Å²) in [6.07, 6.45) is 3.21. The SMILES string of the molecule is CCCC(CC(=O)O)NC(=O)NCCCCOC. The van der Waals surface area contributed by atoms with Gasteiger partial charge in [0.25, 0.3) is 0 Å². The number of carboxylic acid groups (broad SMARTS) is 1. The summed E-state index contributed by atoms with van der Waals surface area (Å²) < 4.78 is 4.90. The summed E-state index contributed by atoms with van der Waals surface area (Å²) in [6.45, 7) is 3.21. The zero-order chi connectivity index (χ0) is 13.8. The molecule has 0 saturated heterocycles. The van der Waals surface area contributed by atoms with Crippen LogP contribution in [0.15, 0.2) is 0 Å². The molecule has 0 aromatic rings. The molecule has 0 aromatic heterocycles. The smallest absolute Gasteiger partial charge is 0.315 e. The third-order valence-electron chi connectivity index (χ3n) is 2.45. The maximum atomic E-state index is 11.5. The summed E-state index contributed by atoms with van der Waals surface area (Å²) in [6, 6.07) is -0.599. The van der Waals surface area contributed by atoms with E-state index in [1.165, 1.54) is 0 Å². The average Bonchev–Trinajstić information content (AvgIpc) is 2.28. The van der Waals surface area contributed by atoms with Gasteiger partial charge in [-0.15, -0.1) is 0 Å². The fourth-order valence-corrected chi connectivity index (χ4v) is 1.59. The number of methoxy groups -OCH3 is 1. The second kappa shape index (κ2) is 10.8. The Hall–Kier alpha value is -1.30. The molecule has 0 saturated carbocycles. The Kier molecular flexibility index (Phi) is 10.0. The Balaban J connectivity index is 3.76. The predicted octanol–water partition coefficient (Wildman–Crippen LogP) is 1.36. The van der Waals surface area contributed by atoms with E-state index in [-0.39, 0.29) is 18.5 Å². The van der Waals surface area contributed by atoms with E-state index in [4.69, 9.17) is 9.84 Å². The molecule has 0 heterocycles. The first kappa shape index (κ1) is 16.7. The number of ether oxygens (including phenoxy) is 1. The molecule has 0 aromatic carbocycles. The molecular formula is C12H24N2O4. The van der Waals surface area contributed by atoms with Crippen LogP contribution in [0.3, 0.4) is 0 Å². The fraction of sp³-hybridized carbons (Fsp3) is 0.833. The molecule has 0 aliphatic carbocycles. The first-order valence-electron chi connectivity index (χ1n) is 6.35. The topological polar surface area (TPSA) is 87.7 Å².